The molecule has 122 valence electrons. The summed E-state index contributed by atoms with van der Waals surface area (Å²) in [7, 11) is 0. The third-order valence-corrected chi connectivity index (χ3v) is 6.98. The smallest absolute Gasteiger partial charge is 0.00677 e. The minimum atomic E-state index is 0.649. The van der Waals surface area contributed by atoms with Gasteiger partial charge in [0.05, 0.1) is 0 Å². The van der Waals surface area contributed by atoms with Crippen LogP contribution < -0.4 is 5.32 Å². The molecule has 0 aromatic rings. The second-order valence-electron chi connectivity index (χ2n) is 9.17. The summed E-state index contributed by atoms with van der Waals surface area (Å²) in [6, 6.07) is 0.834. The number of hydrogen-bond donors (Lipinski definition) is 1. The highest BCUT2D eigenvalue weighted by Crippen LogP contribution is 2.49. The van der Waals surface area contributed by atoms with Gasteiger partial charge in [0.2, 0.25) is 0 Å². The van der Waals surface area contributed by atoms with Gasteiger partial charge in [-0.3, -0.25) is 0 Å². The van der Waals surface area contributed by atoms with Crippen LogP contribution in [0.25, 0.3) is 0 Å². The second kappa shape index (κ2) is 6.60. The van der Waals surface area contributed by atoms with Crippen molar-refractivity contribution in [3.63, 3.8) is 0 Å². The monoisotopic (exact) mass is 291 g/mol. The third-order valence-electron chi connectivity index (χ3n) is 6.98. The lowest BCUT2D eigenvalue weighted by molar-refractivity contribution is 0.150. The lowest BCUT2D eigenvalue weighted by Gasteiger charge is -2.39. The van der Waals surface area contributed by atoms with Crippen LogP contribution in [0.1, 0.15) is 97.3 Å². The predicted octanol–water partition coefficient (Wildman–Crippen LogP) is 5.69. The van der Waals surface area contributed by atoms with Crippen molar-refractivity contribution in [1.82, 2.24) is 5.32 Å². The molecule has 3 rings (SSSR count). The Balaban J connectivity index is 1.46. The standard InChI is InChI=1S/C20H37N/c1-17(2)15-20(11-5-6-12-20)16-21-18-7-13-19(14-8-18)9-3-4-10-19/h17-18,21H,3-16H2,1-2H3. The van der Waals surface area contributed by atoms with Gasteiger partial charge in [-0.25, -0.2) is 0 Å². The molecule has 0 unspecified atom stereocenters. The van der Waals surface area contributed by atoms with E-state index >= 15 is 0 Å². The van der Waals surface area contributed by atoms with Gasteiger partial charge in [-0.15, -0.1) is 0 Å². The number of hydrogen-bond acceptors (Lipinski definition) is 1. The summed E-state index contributed by atoms with van der Waals surface area (Å²) in [4.78, 5) is 0. The van der Waals surface area contributed by atoms with Gasteiger partial charge in [-0.1, -0.05) is 39.5 Å². The van der Waals surface area contributed by atoms with Crippen LogP contribution in [0.15, 0.2) is 0 Å². The minimum Gasteiger partial charge on any atom is -0.313 e. The largest absolute Gasteiger partial charge is 0.313 e. The first-order valence-corrected chi connectivity index (χ1v) is 9.85. The maximum Gasteiger partial charge on any atom is 0.00677 e. The van der Waals surface area contributed by atoms with Crippen LogP contribution in [0.2, 0.25) is 0 Å². The molecule has 3 aliphatic rings. The van der Waals surface area contributed by atoms with Crippen molar-refractivity contribution in [3.8, 4) is 0 Å². The zero-order chi connectivity index (χ0) is 14.8. The SMILES string of the molecule is CC(C)CC1(CNC2CCC3(CCCC3)CC2)CCCC1. The van der Waals surface area contributed by atoms with Gasteiger partial charge in [-0.2, -0.15) is 0 Å². The average molecular weight is 292 g/mol. The highest BCUT2D eigenvalue weighted by atomic mass is 14.9. The molecule has 0 aliphatic heterocycles. The molecule has 0 aromatic heterocycles. The van der Waals surface area contributed by atoms with Crippen LogP contribution in [-0.4, -0.2) is 12.6 Å². The average Bonchev–Trinajstić information content (AvgIpc) is 3.09. The van der Waals surface area contributed by atoms with Crippen LogP contribution >= 0.6 is 0 Å². The molecule has 0 amide bonds. The first kappa shape index (κ1) is 15.8. The quantitative estimate of drug-likeness (QED) is 0.686. The molecule has 0 saturated heterocycles. The van der Waals surface area contributed by atoms with E-state index in [0.717, 1.165) is 17.4 Å². The van der Waals surface area contributed by atoms with Gasteiger partial charge in [0.25, 0.3) is 0 Å². The topological polar surface area (TPSA) is 12.0 Å². The molecular weight excluding hydrogens is 254 g/mol. The van der Waals surface area contributed by atoms with Crippen LogP contribution in [0.3, 0.4) is 0 Å². The van der Waals surface area contributed by atoms with Gasteiger partial charge in [0, 0.05) is 12.6 Å². The third kappa shape index (κ3) is 3.84. The molecule has 1 N–H and O–H groups in total. The molecule has 1 nitrogen and oxygen atoms in total. The van der Waals surface area contributed by atoms with Gasteiger partial charge >= 0.3 is 0 Å². The van der Waals surface area contributed by atoms with Gasteiger partial charge in [0.15, 0.2) is 0 Å². The molecule has 0 atom stereocenters. The molecule has 1 spiro atoms. The van der Waals surface area contributed by atoms with Crippen molar-refractivity contribution < 1.29 is 0 Å². The van der Waals surface area contributed by atoms with Crippen LogP contribution in [0, 0.1) is 16.7 Å². The predicted molar refractivity (Wildman–Crippen MR) is 91.5 cm³/mol. The Morgan fingerprint density at radius 2 is 1.43 bits per heavy atom. The van der Waals surface area contributed by atoms with E-state index in [1.165, 1.54) is 90.0 Å². The highest BCUT2D eigenvalue weighted by Gasteiger charge is 2.39. The zero-order valence-corrected chi connectivity index (χ0v) is 14.6. The molecule has 1 heteroatoms. The Hall–Kier alpha value is -0.0400. The van der Waals surface area contributed by atoms with Crippen LogP contribution in [-0.2, 0) is 0 Å². The van der Waals surface area contributed by atoms with E-state index in [2.05, 4.69) is 19.2 Å². The maximum atomic E-state index is 4.02. The lowest BCUT2D eigenvalue weighted by atomic mass is 9.71. The maximum absolute atomic E-state index is 4.02. The summed E-state index contributed by atoms with van der Waals surface area (Å²) < 4.78 is 0. The van der Waals surface area contributed by atoms with Crippen LogP contribution in [0.5, 0.6) is 0 Å². The first-order chi connectivity index (χ1) is 10.1. The van der Waals surface area contributed by atoms with E-state index in [0.29, 0.717) is 5.41 Å². The second-order valence-corrected chi connectivity index (χ2v) is 9.17. The Morgan fingerprint density at radius 1 is 0.857 bits per heavy atom. The van der Waals surface area contributed by atoms with Gasteiger partial charge in [-0.05, 0) is 74.5 Å². The van der Waals surface area contributed by atoms with E-state index in [1.54, 1.807) is 0 Å². The van der Waals surface area contributed by atoms with Gasteiger partial charge in [0.1, 0.15) is 0 Å². The van der Waals surface area contributed by atoms with Crippen molar-refractivity contribution in [1.29, 1.82) is 0 Å². The van der Waals surface area contributed by atoms with Crippen molar-refractivity contribution >= 4 is 0 Å². The molecule has 0 heterocycles. The summed E-state index contributed by atoms with van der Waals surface area (Å²) in [6.07, 6.45) is 19.4. The van der Waals surface area contributed by atoms with Crippen molar-refractivity contribution in [2.45, 2.75) is 103 Å². The molecular formula is C20H37N. The highest BCUT2D eigenvalue weighted by molar-refractivity contribution is 4.93. The van der Waals surface area contributed by atoms with Crippen LogP contribution in [0.4, 0.5) is 0 Å². The first-order valence-electron chi connectivity index (χ1n) is 9.85. The fraction of sp³-hybridized carbons (Fsp3) is 1.00. The summed E-state index contributed by atoms with van der Waals surface area (Å²) in [5.41, 5.74) is 1.44. The molecule has 3 saturated carbocycles. The normalized spacial score (nSPS) is 28.7. The summed E-state index contributed by atoms with van der Waals surface area (Å²) >= 11 is 0. The van der Waals surface area contributed by atoms with E-state index in [-0.39, 0.29) is 0 Å². The van der Waals surface area contributed by atoms with E-state index in [4.69, 9.17) is 0 Å². The zero-order valence-electron chi connectivity index (χ0n) is 14.6. The van der Waals surface area contributed by atoms with Gasteiger partial charge < -0.3 is 5.32 Å². The molecule has 0 aromatic carbocycles. The molecule has 0 radical (unpaired) electrons. The summed E-state index contributed by atoms with van der Waals surface area (Å²) in [5.74, 6) is 0.859. The molecule has 3 fully saturated rings. The Bertz CT molecular complexity index is 311. The minimum absolute atomic E-state index is 0.649. The Morgan fingerprint density at radius 3 is 2.00 bits per heavy atom. The van der Waals surface area contributed by atoms with Crippen molar-refractivity contribution in [2.24, 2.45) is 16.7 Å². The fourth-order valence-electron chi connectivity index (χ4n) is 5.86. The van der Waals surface area contributed by atoms with Crippen molar-refractivity contribution in [3.05, 3.63) is 0 Å². The molecule has 0 bridgehead atoms. The summed E-state index contributed by atoms with van der Waals surface area (Å²) in [5, 5.41) is 4.02. The Kier molecular flexibility index (Phi) is 4.98. The van der Waals surface area contributed by atoms with E-state index in [1.807, 2.05) is 0 Å². The number of nitrogens with one attached hydrogen (secondary N) is 1. The lowest BCUT2D eigenvalue weighted by Crippen LogP contribution is -2.42. The van der Waals surface area contributed by atoms with E-state index < -0.39 is 0 Å². The fourth-order valence-corrected chi connectivity index (χ4v) is 5.86. The Labute approximate surface area is 132 Å². The van der Waals surface area contributed by atoms with E-state index in [9.17, 15) is 0 Å². The molecule has 21 heavy (non-hydrogen) atoms. The van der Waals surface area contributed by atoms with Crippen molar-refractivity contribution in [2.75, 3.05) is 6.54 Å². The molecule has 3 aliphatic carbocycles. The summed E-state index contributed by atoms with van der Waals surface area (Å²) in [6.45, 7) is 6.12. The number of rotatable bonds is 5.